The van der Waals surface area contributed by atoms with Crippen LogP contribution in [0.4, 0.5) is 34.6 Å². The Bertz CT molecular complexity index is 1380. The van der Waals surface area contributed by atoms with Crippen molar-refractivity contribution in [3.63, 3.8) is 0 Å². The van der Waals surface area contributed by atoms with Crippen molar-refractivity contribution in [2.45, 2.75) is 43.8 Å². The third kappa shape index (κ3) is 5.35. The van der Waals surface area contributed by atoms with Crippen LogP contribution in [0, 0.1) is 6.92 Å². The molecule has 1 saturated heterocycles. The lowest BCUT2D eigenvalue weighted by Crippen LogP contribution is -2.25. The Morgan fingerprint density at radius 3 is 2.68 bits per heavy atom. The van der Waals surface area contributed by atoms with Gasteiger partial charge in [-0.15, -0.1) is 0 Å². The molecule has 3 heterocycles. The van der Waals surface area contributed by atoms with Crippen LogP contribution in [0.15, 0.2) is 47.4 Å². The Morgan fingerprint density at radius 1 is 1.03 bits per heavy atom. The van der Waals surface area contributed by atoms with Gasteiger partial charge < -0.3 is 25.6 Å². The van der Waals surface area contributed by atoms with Crippen LogP contribution in [-0.4, -0.2) is 56.5 Å². The summed E-state index contributed by atoms with van der Waals surface area (Å²) in [4.78, 5) is 12.1. The maximum atomic E-state index is 13.0. The van der Waals surface area contributed by atoms with Crippen LogP contribution in [0.25, 0.3) is 0 Å². The van der Waals surface area contributed by atoms with Crippen LogP contribution in [-0.2, 0) is 21.0 Å². The van der Waals surface area contributed by atoms with E-state index in [0.717, 1.165) is 68.3 Å². The first-order valence-corrected chi connectivity index (χ1v) is 14.3. The van der Waals surface area contributed by atoms with Gasteiger partial charge in [0.05, 0.1) is 22.4 Å². The number of aryl methyl sites for hydroxylation is 1. The van der Waals surface area contributed by atoms with Crippen LogP contribution in [0.3, 0.4) is 0 Å². The number of rotatable bonds is 7. The van der Waals surface area contributed by atoms with Crippen LogP contribution < -0.4 is 20.9 Å². The summed E-state index contributed by atoms with van der Waals surface area (Å²) in [5.74, 6) is 1.80. The number of aromatic nitrogens is 2. The number of hydrogen-bond donors (Lipinski definition) is 3. The molecule has 2 aliphatic heterocycles. The van der Waals surface area contributed by atoms with Gasteiger partial charge in [0.25, 0.3) is 0 Å². The van der Waals surface area contributed by atoms with Crippen molar-refractivity contribution in [1.82, 2.24) is 9.97 Å². The lowest BCUT2D eigenvalue weighted by atomic mass is 10.1. The van der Waals surface area contributed by atoms with Gasteiger partial charge in [0.2, 0.25) is 5.95 Å². The summed E-state index contributed by atoms with van der Waals surface area (Å²) in [7, 11) is -3.47. The smallest absolute Gasteiger partial charge is 0.231 e. The van der Waals surface area contributed by atoms with E-state index in [9.17, 15) is 8.42 Å². The van der Waals surface area contributed by atoms with Gasteiger partial charge in [-0.25, -0.2) is 8.42 Å². The zero-order valence-electron chi connectivity index (χ0n) is 21.5. The molecule has 196 valence electrons. The van der Waals surface area contributed by atoms with Crippen molar-refractivity contribution in [3.05, 3.63) is 53.6 Å². The van der Waals surface area contributed by atoms with Gasteiger partial charge in [0, 0.05) is 43.2 Å². The number of sulfone groups is 1. The Morgan fingerprint density at radius 2 is 1.86 bits per heavy atom. The number of benzene rings is 2. The Hall–Kier alpha value is -3.37. The molecule has 2 aromatic carbocycles. The Kier molecular flexibility index (Phi) is 7.21. The molecule has 2 aliphatic rings. The first kappa shape index (κ1) is 25.3. The Labute approximate surface area is 218 Å². The summed E-state index contributed by atoms with van der Waals surface area (Å²) in [6.07, 6.45) is 1.77. The van der Waals surface area contributed by atoms with E-state index >= 15 is 0 Å². The zero-order chi connectivity index (χ0) is 26.0. The number of nitrogens with zero attached hydrogens (tertiary/aromatic N) is 3. The van der Waals surface area contributed by atoms with Crippen molar-refractivity contribution >= 4 is 44.5 Å². The first-order valence-electron chi connectivity index (χ1n) is 12.8. The quantitative estimate of drug-likeness (QED) is 0.409. The molecule has 0 spiro atoms. The summed E-state index contributed by atoms with van der Waals surface area (Å²) in [5, 5.41) is 9.46. The highest BCUT2D eigenvalue weighted by molar-refractivity contribution is 7.92. The first-order chi connectivity index (χ1) is 17.8. The van der Waals surface area contributed by atoms with E-state index in [2.05, 4.69) is 46.0 Å². The second-order valence-electron chi connectivity index (χ2n) is 9.69. The number of hydrogen-bond acceptors (Lipinski definition) is 9. The topological polar surface area (TPSA) is 108 Å². The highest BCUT2D eigenvalue weighted by Crippen LogP contribution is 2.34. The fourth-order valence-corrected chi connectivity index (χ4v) is 5.84. The molecule has 0 atom stereocenters. The predicted molar refractivity (Wildman–Crippen MR) is 148 cm³/mol. The Balaban J connectivity index is 1.43. The van der Waals surface area contributed by atoms with Crippen molar-refractivity contribution in [2.75, 3.05) is 53.7 Å². The third-order valence-electron chi connectivity index (χ3n) is 6.79. The largest absolute Gasteiger partial charge is 0.380 e. The van der Waals surface area contributed by atoms with Crippen LogP contribution >= 0.6 is 0 Å². The van der Waals surface area contributed by atoms with Gasteiger partial charge in [-0.05, 0) is 69.5 Å². The minimum atomic E-state index is -3.47. The van der Waals surface area contributed by atoms with Gasteiger partial charge in [0.15, 0.2) is 9.84 Å². The maximum Gasteiger partial charge on any atom is 0.231 e. The molecular formula is C27H34N6O3S. The second-order valence-corrected chi connectivity index (χ2v) is 12.2. The van der Waals surface area contributed by atoms with Crippen molar-refractivity contribution in [2.24, 2.45) is 0 Å². The van der Waals surface area contributed by atoms with Crippen LogP contribution in [0.2, 0.25) is 0 Å². The molecule has 0 aliphatic carbocycles. The standard InChI is InChI=1S/C27H34N6O3S/c1-18(2)37(34,35)24-8-5-4-7-23(24)29-26-21-11-12-28-25(21)31-27(32-26)30-22-10-9-20(17-19(22)3)33-13-6-15-36-16-14-33/h4-5,7-10,17-18H,6,11-16H2,1-3H3,(H3,28,29,30,31,32). The van der Waals surface area contributed by atoms with Crippen LogP contribution in [0.5, 0.6) is 0 Å². The molecule has 1 aromatic heterocycles. The molecule has 5 rings (SSSR count). The minimum absolute atomic E-state index is 0.267. The maximum absolute atomic E-state index is 13.0. The number of para-hydroxylation sites is 1. The predicted octanol–water partition coefficient (Wildman–Crippen LogP) is 4.65. The van der Waals surface area contributed by atoms with Gasteiger partial charge in [-0.2, -0.15) is 9.97 Å². The van der Waals surface area contributed by atoms with Crippen molar-refractivity contribution in [1.29, 1.82) is 0 Å². The molecule has 0 radical (unpaired) electrons. The van der Waals surface area contributed by atoms with Gasteiger partial charge in [-0.1, -0.05) is 12.1 Å². The molecule has 3 N–H and O–H groups in total. The van der Waals surface area contributed by atoms with Gasteiger partial charge in [-0.3, -0.25) is 0 Å². The molecule has 9 nitrogen and oxygen atoms in total. The monoisotopic (exact) mass is 522 g/mol. The van der Waals surface area contributed by atoms with E-state index < -0.39 is 15.1 Å². The summed E-state index contributed by atoms with van der Waals surface area (Å²) in [6, 6.07) is 13.3. The molecule has 0 bridgehead atoms. The average molecular weight is 523 g/mol. The van der Waals surface area contributed by atoms with E-state index in [1.54, 1.807) is 32.0 Å². The van der Waals surface area contributed by atoms with E-state index in [0.29, 0.717) is 17.5 Å². The van der Waals surface area contributed by atoms with E-state index in [1.165, 1.54) is 5.69 Å². The zero-order valence-corrected chi connectivity index (χ0v) is 22.4. The normalized spacial score (nSPS) is 15.7. The number of fused-ring (bicyclic) bond motifs is 1. The number of ether oxygens (including phenoxy) is 1. The van der Waals surface area contributed by atoms with E-state index in [1.807, 2.05) is 6.07 Å². The summed E-state index contributed by atoms with van der Waals surface area (Å²) in [5.41, 5.74) is 4.63. The highest BCUT2D eigenvalue weighted by Gasteiger charge is 2.25. The second kappa shape index (κ2) is 10.5. The molecule has 1 fully saturated rings. The summed E-state index contributed by atoms with van der Waals surface area (Å²) in [6.45, 7) is 9.61. The molecular weight excluding hydrogens is 488 g/mol. The minimum Gasteiger partial charge on any atom is -0.380 e. The number of nitrogens with one attached hydrogen (secondary N) is 3. The van der Waals surface area contributed by atoms with Crippen molar-refractivity contribution < 1.29 is 13.2 Å². The fourth-order valence-electron chi connectivity index (χ4n) is 4.64. The highest BCUT2D eigenvalue weighted by atomic mass is 32.2. The molecule has 37 heavy (non-hydrogen) atoms. The fraction of sp³-hybridized carbons (Fsp3) is 0.407. The van der Waals surface area contributed by atoms with E-state index in [4.69, 9.17) is 14.7 Å². The number of anilines is 6. The molecule has 10 heteroatoms. The molecule has 0 amide bonds. The van der Waals surface area contributed by atoms with Crippen molar-refractivity contribution in [3.8, 4) is 0 Å². The van der Waals surface area contributed by atoms with Crippen LogP contribution in [0.1, 0.15) is 31.4 Å². The molecule has 3 aromatic rings. The molecule has 0 saturated carbocycles. The average Bonchev–Trinajstić information content (AvgIpc) is 3.18. The lowest BCUT2D eigenvalue weighted by Gasteiger charge is -2.23. The SMILES string of the molecule is Cc1cc(N2CCCOCC2)ccc1Nc1nc2c(c(Nc3ccccc3S(=O)(=O)C(C)C)n1)CCN2. The summed E-state index contributed by atoms with van der Waals surface area (Å²) >= 11 is 0. The lowest BCUT2D eigenvalue weighted by molar-refractivity contribution is 0.152. The van der Waals surface area contributed by atoms with E-state index in [-0.39, 0.29) is 4.90 Å². The van der Waals surface area contributed by atoms with Gasteiger partial charge >= 0.3 is 0 Å². The molecule has 0 unspecified atom stereocenters. The summed E-state index contributed by atoms with van der Waals surface area (Å²) < 4.78 is 31.5. The third-order valence-corrected chi connectivity index (χ3v) is 9.00. The van der Waals surface area contributed by atoms with Gasteiger partial charge in [0.1, 0.15) is 11.6 Å².